The van der Waals surface area contributed by atoms with Crippen LogP contribution in [0.3, 0.4) is 0 Å². The first kappa shape index (κ1) is 13.7. The average molecular weight is 236 g/mol. The van der Waals surface area contributed by atoms with Crippen LogP contribution in [0.1, 0.15) is 30.5 Å². The van der Waals surface area contributed by atoms with Crippen LogP contribution in [-0.2, 0) is 4.79 Å². The largest absolute Gasteiger partial charge is 0.396 e. The van der Waals surface area contributed by atoms with Crippen molar-refractivity contribution < 1.29 is 9.90 Å². The summed E-state index contributed by atoms with van der Waals surface area (Å²) in [6.45, 7) is 3.88. The van der Waals surface area contributed by atoms with Gasteiger partial charge in [-0.15, -0.1) is 0 Å². The molecule has 0 bridgehead atoms. The number of rotatable bonds is 5. The number of aliphatic hydroxyl groups is 1. The fraction of sp³-hybridized carbons (Fsp3) is 0.462. The molecule has 4 N–H and O–H groups in total. The molecule has 94 valence electrons. The molecule has 2 unspecified atom stereocenters. The van der Waals surface area contributed by atoms with E-state index in [2.05, 4.69) is 5.32 Å². The van der Waals surface area contributed by atoms with Crippen molar-refractivity contribution in [2.45, 2.75) is 32.4 Å². The molecular weight excluding hydrogens is 216 g/mol. The van der Waals surface area contributed by atoms with Crippen molar-refractivity contribution in [3.05, 3.63) is 35.4 Å². The second-order valence-corrected chi connectivity index (χ2v) is 4.31. The number of hydrogen-bond acceptors (Lipinski definition) is 3. The van der Waals surface area contributed by atoms with Gasteiger partial charge in [-0.25, -0.2) is 0 Å². The third-order valence-corrected chi connectivity index (χ3v) is 2.67. The van der Waals surface area contributed by atoms with E-state index in [0.29, 0.717) is 6.42 Å². The van der Waals surface area contributed by atoms with Crippen LogP contribution < -0.4 is 11.1 Å². The lowest BCUT2D eigenvalue weighted by Crippen LogP contribution is -2.39. The van der Waals surface area contributed by atoms with Crippen LogP contribution in [-0.4, -0.2) is 23.7 Å². The van der Waals surface area contributed by atoms with E-state index in [1.807, 2.05) is 38.1 Å². The lowest BCUT2D eigenvalue weighted by molar-refractivity contribution is -0.123. The highest BCUT2D eigenvalue weighted by atomic mass is 16.3. The van der Waals surface area contributed by atoms with E-state index in [4.69, 9.17) is 10.8 Å². The van der Waals surface area contributed by atoms with Crippen LogP contribution in [0, 0.1) is 6.92 Å². The molecule has 1 rings (SSSR count). The summed E-state index contributed by atoms with van der Waals surface area (Å²) >= 11 is 0. The van der Waals surface area contributed by atoms with E-state index >= 15 is 0 Å². The number of amides is 1. The average Bonchev–Trinajstić information content (AvgIpc) is 2.29. The molecule has 0 saturated heterocycles. The maximum absolute atomic E-state index is 11.8. The molecule has 0 radical (unpaired) electrons. The fourth-order valence-electron chi connectivity index (χ4n) is 1.52. The van der Waals surface area contributed by atoms with Gasteiger partial charge in [0.05, 0.1) is 0 Å². The van der Waals surface area contributed by atoms with E-state index in [-0.39, 0.29) is 18.6 Å². The summed E-state index contributed by atoms with van der Waals surface area (Å²) < 4.78 is 0. The predicted octanol–water partition coefficient (Wildman–Crippen LogP) is 0.882. The Bertz CT molecular complexity index is 362. The first-order valence-corrected chi connectivity index (χ1v) is 5.78. The van der Waals surface area contributed by atoms with Gasteiger partial charge in [0, 0.05) is 12.6 Å². The zero-order valence-corrected chi connectivity index (χ0v) is 10.3. The maximum atomic E-state index is 11.8. The van der Waals surface area contributed by atoms with Crippen LogP contribution in [0.2, 0.25) is 0 Å². The highest BCUT2D eigenvalue weighted by Crippen LogP contribution is 2.11. The lowest BCUT2D eigenvalue weighted by Gasteiger charge is -2.17. The van der Waals surface area contributed by atoms with E-state index in [0.717, 1.165) is 11.1 Å². The molecule has 4 heteroatoms. The highest BCUT2D eigenvalue weighted by Gasteiger charge is 2.17. The summed E-state index contributed by atoms with van der Waals surface area (Å²) in [7, 11) is 0. The minimum absolute atomic E-state index is 0.0568. The topological polar surface area (TPSA) is 75.4 Å². The smallest absolute Gasteiger partial charge is 0.241 e. The number of hydrogen-bond donors (Lipinski definition) is 3. The maximum Gasteiger partial charge on any atom is 0.241 e. The molecule has 0 aliphatic carbocycles. The molecule has 1 aromatic rings. The summed E-state index contributed by atoms with van der Waals surface area (Å²) in [6.07, 6.45) is 0.534. The molecule has 0 fully saturated rings. The molecule has 0 saturated carbocycles. The SMILES string of the molecule is Cc1ccc(C(N)C(=O)NC(C)CCO)cc1. The van der Waals surface area contributed by atoms with E-state index in [1.165, 1.54) is 0 Å². The number of aliphatic hydroxyl groups excluding tert-OH is 1. The fourth-order valence-corrected chi connectivity index (χ4v) is 1.52. The van der Waals surface area contributed by atoms with E-state index in [9.17, 15) is 4.79 Å². The number of nitrogens with one attached hydrogen (secondary N) is 1. The molecule has 1 aromatic carbocycles. The van der Waals surface area contributed by atoms with Crippen molar-refractivity contribution in [2.75, 3.05) is 6.61 Å². The highest BCUT2D eigenvalue weighted by molar-refractivity contribution is 5.83. The lowest BCUT2D eigenvalue weighted by atomic mass is 10.0. The summed E-state index contributed by atoms with van der Waals surface area (Å²) in [4.78, 5) is 11.8. The minimum Gasteiger partial charge on any atom is -0.396 e. The minimum atomic E-state index is -0.656. The summed E-state index contributed by atoms with van der Waals surface area (Å²) in [5, 5.41) is 11.5. The Morgan fingerprint density at radius 3 is 2.53 bits per heavy atom. The summed E-state index contributed by atoms with van der Waals surface area (Å²) in [6, 6.07) is 6.85. The quantitative estimate of drug-likeness (QED) is 0.710. The van der Waals surface area contributed by atoms with Crippen LogP contribution in [0.5, 0.6) is 0 Å². The number of carbonyl (C=O) groups excluding carboxylic acids is 1. The third-order valence-electron chi connectivity index (χ3n) is 2.67. The van der Waals surface area contributed by atoms with Gasteiger partial charge in [0.25, 0.3) is 0 Å². The molecule has 17 heavy (non-hydrogen) atoms. The van der Waals surface area contributed by atoms with Gasteiger partial charge in [0.1, 0.15) is 6.04 Å². The third kappa shape index (κ3) is 4.17. The van der Waals surface area contributed by atoms with Gasteiger partial charge < -0.3 is 16.2 Å². The number of nitrogens with two attached hydrogens (primary N) is 1. The van der Waals surface area contributed by atoms with Crippen LogP contribution in [0.25, 0.3) is 0 Å². The monoisotopic (exact) mass is 236 g/mol. The summed E-state index contributed by atoms with van der Waals surface area (Å²) in [5.41, 5.74) is 7.79. The Labute approximate surface area is 102 Å². The molecule has 0 aromatic heterocycles. The number of benzene rings is 1. The Balaban J connectivity index is 2.60. The van der Waals surface area contributed by atoms with Gasteiger partial charge in [-0.2, -0.15) is 0 Å². The van der Waals surface area contributed by atoms with E-state index < -0.39 is 6.04 Å². The van der Waals surface area contributed by atoms with Gasteiger partial charge in [-0.1, -0.05) is 29.8 Å². The second kappa shape index (κ2) is 6.37. The van der Waals surface area contributed by atoms with Crippen LogP contribution >= 0.6 is 0 Å². The van der Waals surface area contributed by atoms with Crippen molar-refractivity contribution in [2.24, 2.45) is 5.73 Å². The van der Waals surface area contributed by atoms with Gasteiger partial charge in [0.15, 0.2) is 0 Å². The predicted molar refractivity (Wildman–Crippen MR) is 67.4 cm³/mol. The zero-order chi connectivity index (χ0) is 12.8. The Morgan fingerprint density at radius 1 is 1.41 bits per heavy atom. The molecule has 4 nitrogen and oxygen atoms in total. The van der Waals surface area contributed by atoms with Crippen molar-refractivity contribution >= 4 is 5.91 Å². The van der Waals surface area contributed by atoms with Crippen molar-refractivity contribution in [3.63, 3.8) is 0 Å². The van der Waals surface area contributed by atoms with Crippen LogP contribution in [0.15, 0.2) is 24.3 Å². The van der Waals surface area contributed by atoms with Gasteiger partial charge in [-0.05, 0) is 25.8 Å². The van der Waals surface area contributed by atoms with Crippen molar-refractivity contribution in [1.82, 2.24) is 5.32 Å². The molecule has 0 spiro atoms. The number of carbonyl (C=O) groups is 1. The Hall–Kier alpha value is -1.39. The molecule has 2 atom stereocenters. The van der Waals surface area contributed by atoms with E-state index in [1.54, 1.807) is 0 Å². The molecule has 0 aliphatic rings. The Morgan fingerprint density at radius 2 is 2.00 bits per heavy atom. The molecule has 0 heterocycles. The van der Waals surface area contributed by atoms with Gasteiger partial charge >= 0.3 is 0 Å². The normalized spacial score (nSPS) is 14.1. The zero-order valence-electron chi connectivity index (χ0n) is 10.3. The molecular formula is C13H20N2O2. The first-order valence-electron chi connectivity index (χ1n) is 5.78. The number of aryl methyl sites for hydroxylation is 1. The standard InChI is InChI=1S/C13H20N2O2/c1-9-3-5-11(6-4-9)12(14)13(17)15-10(2)7-8-16/h3-6,10,12,16H,7-8,14H2,1-2H3,(H,15,17). The van der Waals surface area contributed by atoms with Gasteiger partial charge in [0.2, 0.25) is 5.91 Å². The first-order chi connectivity index (χ1) is 8.04. The molecule has 0 aliphatic heterocycles. The molecule has 1 amide bonds. The summed E-state index contributed by atoms with van der Waals surface area (Å²) in [5.74, 6) is -0.213. The second-order valence-electron chi connectivity index (χ2n) is 4.31. The van der Waals surface area contributed by atoms with Crippen LogP contribution in [0.4, 0.5) is 0 Å². The van der Waals surface area contributed by atoms with Crippen molar-refractivity contribution in [3.8, 4) is 0 Å². The van der Waals surface area contributed by atoms with Crippen molar-refractivity contribution in [1.29, 1.82) is 0 Å². The Kier molecular flexibility index (Phi) is 5.12. The van der Waals surface area contributed by atoms with Gasteiger partial charge in [-0.3, -0.25) is 4.79 Å².